The molecule has 0 rings (SSSR count). The van der Waals surface area contributed by atoms with Gasteiger partial charge in [-0.1, -0.05) is 0 Å². The number of aliphatic carboxylic acids is 1. The maximum absolute atomic E-state index is 11.1. The van der Waals surface area contributed by atoms with E-state index in [1.807, 2.05) is 6.92 Å². The van der Waals surface area contributed by atoms with E-state index in [4.69, 9.17) is 10.8 Å². The molecule has 0 aromatic heterocycles. The number of amides is 1. The van der Waals surface area contributed by atoms with Crippen molar-refractivity contribution >= 4 is 11.9 Å². The zero-order chi connectivity index (χ0) is 11.1. The van der Waals surface area contributed by atoms with E-state index < -0.39 is 12.0 Å². The van der Waals surface area contributed by atoms with E-state index in [1.165, 1.54) is 0 Å². The first-order chi connectivity index (χ1) is 6.47. The fourth-order valence-corrected chi connectivity index (χ4v) is 0.977. The van der Waals surface area contributed by atoms with E-state index in [0.717, 1.165) is 0 Å². The van der Waals surface area contributed by atoms with E-state index in [-0.39, 0.29) is 19.0 Å². The highest BCUT2D eigenvalue weighted by Gasteiger charge is 2.15. The van der Waals surface area contributed by atoms with E-state index in [0.29, 0.717) is 6.54 Å². The molecule has 0 fully saturated rings. The maximum Gasteiger partial charge on any atom is 0.321 e. The fourth-order valence-electron chi connectivity index (χ4n) is 0.977. The normalized spacial score (nSPS) is 12.6. The first kappa shape index (κ1) is 12.9. The van der Waals surface area contributed by atoms with Gasteiger partial charge in [0.15, 0.2) is 0 Å². The first-order valence-corrected chi connectivity index (χ1v) is 4.41. The highest BCUT2D eigenvalue weighted by molar-refractivity contribution is 5.78. The van der Waals surface area contributed by atoms with E-state index in [9.17, 15) is 9.59 Å². The summed E-state index contributed by atoms with van der Waals surface area (Å²) in [5.41, 5.74) is 5.29. The highest BCUT2D eigenvalue weighted by Crippen LogP contribution is 1.86. The molecule has 0 aliphatic heterocycles. The molecule has 1 amide bonds. The number of nitrogens with one attached hydrogen (secondary N) is 1. The van der Waals surface area contributed by atoms with Crippen LogP contribution in [-0.4, -0.2) is 54.6 Å². The van der Waals surface area contributed by atoms with Crippen molar-refractivity contribution < 1.29 is 14.7 Å². The van der Waals surface area contributed by atoms with Crippen LogP contribution in [0.1, 0.15) is 6.92 Å². The van der Waals surface area contributed by atoms with Crippen LogP contribution in [0.15, 0.2) is 0 Å². The molecule has 0 heterocycles. The molecular weight excluding hydrogens is 186 g/mol. The number of nitrogens with two attached hydrogens (primary N) is 1. The Kier molecular flexibility index (Phi) is 5.82. The van der Waals surface area contributed by atoms with Gasteiger partial charge in [0.1, 0.15) is 6.04 Å². The molecule has 4 N–H and O–H groups in total. The smallest absolute Gasteiger partial charge is 0.321 e. The second-order valence-corrected chi connectivity index (χ2v) is 3.09. The Hall–Kier alpha value is -1.14. The van der Waals surface area contributed by atoms with Crippen LogP contribution in [0.25, 0.3) is 0 Å². The van der Waals surface area contributed by atoms with Gasteiger partial charge in [0.05, 0.1) is 6.54 Å². The third-order valence-electron chi connectivity index (χ3n) is 1.61. The Morgan fingerprint density at radius 2 is 2.14 bits per heavy atom. The number of hydrogen-bond acceptors (Lipinski definition) is 4. The van der Waals surface area contributed by atoms with Gasteiger partial charge in [-0.25, -0.2) is 0 Å². The Labute approximate surface area is 83.1 Å². The summed E-state index contributed by atoms with van der Waals surface area (Å²) >= 11 is 0. The van der Waals surface area contributed by atoms with Crippen LogP contribution < -0.4 is 11.1 Å². The minimum Gasteiger partial charge on any atom is -0.480 e. The van der Waals surface area contributed by atoms with Gasteiger partial charge in [-0.15, -0.1) is 0 Å². The number of hydrogen-bond donors (Lipinski definition) is 3. The topological polar surface area (TPSA) is 95.7 Å². The standard InChI is InChI=1S/C8H17N3O3/c1-3-10-7(12)5-11(2)4-6(9)8(13)14/h6H,3-5,9H2,1-2H3,(H,10,12)(H,13,14). The molecule has 0 aromatic carbocycles. The number of rotatable bonds is 6. The number of likely N-dealkylation sites (N-methyl/N-ethyl adjacent to an activating group) is 2. The van der Waals surface area contributed by atoms with Crippen molar-refractivity contribution in [3.8, 4) is 0 Å². The Bertz CT molecular complexity index is 208. The fraction of sp³-hybridized carbons (Fsp3) is 0.750. The summed E-state index contributed by atoms with van der Waals surface area (Å²) in [5, 5.41) is 11.1. The van der Waals surface area contributed by atoms with E-state index in [1.54, 1.807) is 11.9 Å². The minimum absolute atomic E-state index is 0.132. The largest absolute Gasteiger partial charge is 0.480 e. The Balaban J connectivity index is 3.80. The molecule has 1 unspecified atom stereocenters. The molecule has 6 nitrogen and oxygen atoms in total. The predicted molar refractivity (Wildman–Crippen MR) is 51.8 cm³/mol. The third kappa shape index (κ3) is 5.50. The molecule has 0 aliphatic carbocycles. The Morgan fingerprint density at radius 3 is 2.57 bits per heavy atom. The quantitative estimate of drug-likeness (QED) is 0.486. The summed E-state index contributed by atoms with van der Waals surface area (Å²) in [7, 11) is 1.65. The SMILES string of the molecule is CCNC(=O)CN(C)CC(N)C(=O)O. The van der Waals surface area contributed by atoms with E-state index in [2.05, 4.69) is 5.32 Å². The first-order valence-electron chi connectivity index (χ1n) is 4.41. The van der Waals surface area contributed by atoms with Gasteiger partial charge < -0.3 is 16.2 Å². The number of carboxylic acid groups (broad SMARTS) is 1. The van der Waals surface area contributed by atoms with Crippen molar-refractivity contribution in [1.82, 2.24) is 10.2 Å². The number of carbonyl (C=O) groups is 2. The molecule has 6 heteroatoms. The summed E-state index contributed by atoms with van der Waals surface area (Å²) < 4.78 is 0. The summed E-state index contributed by atoms with van der Waals surface area (Å²) in [4.78, 5) is 23.0. The molecule has 0 aromatic rings. The van der Waals surface area contributed by atoms with Crippen LogP contribution >= 0.6 is 0 Å². The number of carbonyl (C=O) groups excluding carboxylic acids is 1. The van der Waals surface area contributed by atoms with Gasteiger partial charge in [-0.2, -0.15) is 0 Å². The van der Waals surface area contributed by atoms with Crippen LogP contribution in [0.5, 0.6) is 0 Å². The molecule has 14 heavy (non-hydrogen) atoms. The molecule has 0 bridgehead atoms. The maximum atomic E-state index is 11.1. The monoisotopic (exact) mass is 203 g/mol. The summed E-state index contributed by atoms with van der Waals surface area (Å²) in [5.74, 6) is -1.19. The number of nitrogens with zero attached hydrogens (tertiary/aromatic N) is 1. The van der Waals surface area contributed by atoms with Gasteiger partial charge >= 0.3 is 5.97 Å². The van der Waals surface area contributed by atoms with Gasteiger partial charge in [0.25, 0.3) is 0 Å². The minimum atomic E-state index is -1.06. The van der Waals surface area contributed by atoms with Crippen LogP contribution in [0.4, 0.5) is 0 Å². The molecule has 82 valence electrons. The lowest BCUT2D eigenvalue weighted by atomic mass is 10.3. The van der Waals surface area contributed by atoms with Crippen LogP contribution in [0, 0.1) is 0 Å². The molecular formula is C8H17N3O3. The van der Waals surface area contributed by atoms with Crippen molar-refractivity contribution in [1.29, 1.82) is 0 Å². The lowest BCUT2D eigenvalue weighted by molar-refractivity contribution is -0.139. The lowest BCUT2D eigenvalue weighted by Gasteiger charge is -2.17. The van der Waals surface area contributed by atoms with Gasteiger partial charge in [0, 0.05) is 13.1 Å². The molecule has 0 saturated carbocycles. The third-order valence-corrected chi connectivity index (χ3v) is 1.61. The molecule has 0 radical (unpaired) electrons. The summed E-state index contributed by atoms with van der Waals surface area (Å²) in [6.07, 6.45) is 0. The zero-order valence-corrected chi connectivity index (χ0v) is 8.49. The average Bonchev–Trinajstić information content (AvgIpc) is 2.03. The van der Waals surface area contributed by atoms with Crippen molar-refractivity contribution in [3.05, 3.63) is 0 Å². The van der Waals surface area contributed by atoms with E-state index >= 15 is 0 Å². The average molecular weight is 203 g/mol. The van der Waals surface area contributed by atoms with Crippen LogP contribution in [-0.2, 0) is 9.59 Å². The van der Waals surface area contributed by atoms with Crippen molar-refractivity contribution in [2.45, 2.75) is 13.0 Å². The van der Waals surface area contributed by atoms with Crippen molar-refractivity contribution in [2.24, 2.45) is 5.73 Å². The molecule has 0 aliphatic rings. The van der Waals surface area contributed by atoms with Gasteiger partial charge in [-0.05, 0) is 14.0 Å². The molecule has 0 saturated heterocycles. The summed E-state index contributed by atoms with van der Waals surface area (Å²) in [6.45, 7) is 2.71. The molecule has 0 spiro atoms. The highest BCUT2D eigenvalue weighted by atomic mass is 16.4. The van der Waals surface area contributed by atoms with Crippen molar-refractivity contribution in [2.75, 3.05) is 26.7 Å². The second-order valence-electron chi connectivity index (χ2n) is 3.09. The van der Waals surface area contributed by atoms with Crippen molar-refractivity contribution in [3.63, 3.8) is 0 Å². The second kappa shape index (κ2) is 6.33. The molecule has 1 atom stereocenters. The number of carboxylic acids is 1. The Morgan fingerprint density at radius 1 is 1.57 bits per heavy atom. The van der Waals surface area contributed by atoms with Crippen LogP contribution in [0.3, 0.4) is 0 Å². The lowest BCUT2D eigenvalue weighted by Crippen LogP contribution is -2.44. The van der Waals surface area contributed by atoms with Gasteiger partial charge in [-0.3, -0.25) is 14.5 Å². The summed E-state index contributed by atoms with van der Waals surface area (Å²) in [6, 6.07) is -0.950. The van der Waals surface area contributed by atoms with Gasteiger partial charge in [0.2, 0.25) is 5.91 Å². The zero-order valence-electron chi connectivity index (χ0n) is 8.49. The van der Waals surface area contributed by atoms with Crippen LogP contribution in [0.2, 0.25) is 0 Å². The predicted octanol–water partition coefficient (Wildman–Crippen LogP) is -1.53.